The maximum absolute atomic E-state index is 11.5. The second-order valence-electron chi connectivity index (χ2n) is 3.77. The fourth-order valence-electron chi connectivity index (χ4n) is 1.55. The number of aliphatic hydroxyl groups is 1. The normalized spacial score (nSPS) is 10.7. The van der Waals surface area contributed by atoms with Gasteiger partial charge in [-0.3, -0.25) is 4.79 Å². The molecule has 0 amide bonds. The highest BCUT2D eigenvalue weighted by atomic mass is 16.3. The smallest absolute Gasteiger partial charge is 0.250 e. The number of pyridine rings is 1. The van der Waals surface area contributed by atoms with Crippen LogP contribution in [0.2, 0.25) is 0 Å². The maximum atomic E-state index is 11.5. The zero-order chi connectivity index (χ0) is 12.4. The molecule has 0 saturated heterocycles. The van der Waals surface area contributed by atoms with Gasteiger partial charge in [-0.1, -0.05) is 0 Å². The standard InChI is InChI=1S/C11H14N4O2/c1-14-3-2-8(6-11(14)17)9-7-10(12)15(13-9)4-5-16/h2-3,6-7,16H,4-5,12H2,1H3. The number of nitrogen functional groups attached to an aromatic ring is 1. The van der Waals surface area contributed by atoms with Crippen LogP contribution in [0.4, 0.5) is 5.82 Å². The zero-order valence-electron chi connectivity index (χ0n) is 9.50. The molecule has 0 spiro atoms. The molecule has 90 valence electrons. The van der Waals surface area contributed by atoms with Crippen molar-refractivity contribution in [2.75, 3.05) is 12.3 Å². The molecule has 0 bridgehead atoms. The van der Waals surface area contributed by atoms with Crippen LogP contribution < -0.4 is 11.3 Å². The number of anilines is 1. The van der Waals surface area contributed by atoms with Gasteiger partial charge in [0.2, 0.25) is 0 Å². The third-order valence-corrected chi connectivity index (χ3v) is 2.52. The second kappa shape index (κ2) is 4.42. The van der Waals surface area contributed by atoms with Crippen LogP contribution in [0.15, 0.2) is 29.2 Å². The quantitative estimate of drug-likeness (QED) is 0.771. The first-order chi connectivity index (χ1) is 8.11. The van der Waals surface area contributed by atoms with E-state index in [1.54, 1.807) is 25.4 Å². The van der Waals surface area contributed by atoms with Crippen LogP contribution in [0, 0.1) is 0 Å². The first-order valence-corrected chi connectivity index (χ1v) is 5.23. The third-order valence-electron chi connectivity index (χ3n) is 2.52. The highest BCUT2D eigenvalue weighted by molar-refractivity contribution is 5.61. The van der Waals surface area contributed by atoms with Crippen LogP contribution in [0.3, 0.4) is 0 Å². The summed E-state index contributed by atoms with van der Waals surface area (Å²) in [6, 6.07) is 4.99. The van der Waals surface area contributed by atoms with E-state index in [1.807, 2.05) is 0 Å². The Kier molecular flexibility index (Phi) is 2.97. The lowest BCUT2D eigenvalue weighted by molar-refractivity contribution is 0.270. The Bertz CT molecular complexity index is 585. The van der Waals surface area contributed by atoms with Crippen molar-refractivity contribution in [2.24, 2.45) is 7.05 Å². The predicted octanol–water partition coefficient (Wildman–Crippen LogP) is -0.177. The number of hydrogen-bond acceptors (Lipinski definition) is 4. The molecule has 0 aromatic carbocycles. The first kappa shape index (κ1) is 11.4. The van der Waals surface area contributed by atoms with Crippen molar-refractivity contribution in [3.05, 3.63) is 34.7 Å². The molecule has 0 atom stereocenters. The van der Waals surface area contributed by atoms with Gasteiger partial charge in [-0.25, -0.2) is 4.68 Å². The Hall–Kier alpha value is -2.08. The lowest BCUT2D eigenvalue weighted by Gasteiger charge is -2.00. The van der Waals surface area contributed by atoms with Gasteiger partial charge >= 0.3 is 0 Å². The van der Waals surface area contributed by atoms with Gasteiger partial charge in [0.05, 0.1) is 18.8 Å². The van der Waals surface area contributed by atoms with E-state index < -0.39 is 0 Å². The van der Waals surface area contributed by atoms with E-state index in [4.69, 9.17) is 10.8 Å². The Morgan fingerprint density at radius 3 is 2.88 bits per heavy atom. The van der Waals surface area contributed by atoms with Crippen LogP contribution in [-0.2, 0) is 13.6 Å². The van der Waals surface area contributed by atoms with Crippen molar-refractivity contribution in [1.29, 1.82) is 0 Å². The lowest BCUT2D eigenvalue weighted by atomic mass is 10.2. The highest BCUT2D eigenvalue weighted by Gasteiger charge is 2.07. The molecule has 2 rings (SSSR count). The van der Waals surface area contributed by atoms with Crippen molar-refractivity contribution < 1.29 is 5.11 Å². The molecule has 0 aliphatic carbocycles. The average Bonchev–Trinajstić information content (AvgIpc) is 2.65. The summed E-state index contributed by atoms with van der Waals surface area (Å²) < 4.78 is 2.99. The van der Waals surface area contributed by atoms with E-state index in [0.29, 0.717) is 18.1 Å². The molecule has 0 radical (unpaired) electrons. The summed E-state index contributed by atoms with van der Waals surface area (Å²) in [5.74, 6) is 0.467. The Morgan fingerprint density at radius 2 is 2.24 bits per heavy atom. The van der Waals surface area contributed by atoms with Crippen LogP contribution in [-0.4, -0.2) is 26.1 Å². The van der Waals surface area contributed by atoms with E-state index in [2.05, 4.69) is 5.10 Å². The van der Waals surface area contributed by atoms with Gasteiger partial charge in [0.1, 0.15) is 5.82 Å². The van der Waals surface area contributed by atoms with Crippen molar-refractivity contribution >= 4 is 5.82 Å². The third kappa shape index (κ3) is 2.21. The molecule has 3 N–H and O–H groups in total. The number of rotatable bonds is 3. The van der Waals surface area contributed by atoms with Crippen LogP contribution in [0.25, 0.3) is 11.3 Å². The molecule has 0 aliphatic heterocycles. The first-order valence-electron chi connectivity index (χ1n) is 5.23. The molecule has 0 aliphatic rings. The summed E-state index contributed by atoms with van der Waals surface area (Å²) in [6.07, 6.45) is 1.68. The largest absolute Gasteiger partial charge is 0.394 e. The fourth-order valence-corrected chi connectivity index (χ4v) is 1.55. The van der Waals surface area contributed by atoms with E-state index >= 15 is 0 Å². The summed E-state index contributed by atoms with van der Waals surface area (Å²) in [5, 5.41) is 13.1. The molecule has 2 aromatic rings. The number of nitrogens with two attached hydrogens (primary N) is 1. The van der Waals surface area contributed by atoms with E-state index in [0.717, 1.165) is 5.56 Å². The zero-order valence-corrected chi connectivity index (χ0v) is 9.50. The Balaban J connectivity index is 2.42. The monoisotopic (exact) mass is 234 g/mol. The maximum Gasteiger partial charge on any atom is 0.250 e. The van der Waals surface area contributed by atoms with Crippen molar-refractivity contribution in [3.8, 4) is 11.3 Å². The van der Waals surface area contributed by atoms with Crippen LogP contribution in [0.1, 0.15) is 0 Å². The molecule has 0 saturated carbocycles. The lowest BCUT2D eigenvalue weighted by Crippen LogP contribution is -2.14. The van der Waals surface area contributed by atoms with E-state index in [-0.39, 0.29) is 12.2 Å². The summed E-state index contributed by atoms with van der Waals surface area (Å²) in [7, 11) is 1.69. The van der Waals surface area contributed by atoms with Gasteiger partial charge in [0, 0.05) is 30.9 Å². The van der Waals surface area contributed by atoms with Gasteiger partial charge in [0.15, 0.2) is 0 Å². The Morgan fingerprint density at radius 1 is 1.47 bits per heavy atom. The minimum Gasteiger partial charge on any atom is -0.394 e. The molecule has 2 aromatic heterocycles. The van der Waals surface area contributed by atoms with Gasteiger partial charge < -0.3 is 15.4 Å². The number of hydrogen-bond donors (Lipinski definition) is 2. The summed E-state index contributed by atoms with van der Waals surface area (Å²) in [6.45, 7) is 0.318. The van der Waals surface area contributed by atoms with Gasteiger partial charge in [-0.2, -0.15) is 5.10 Å². The van der Waals surface area contributed by atoms with Crippen molar-refractivity contribution in [1.82, 2.24) is 14.3 Å². The average molecular weight is 234 g/mol. The summed E-state index contributed by atoms with van der Waals surface area (Å²) >= 11 is 0. The second-order valence-corrected chi connectivity index (χ2v) is 3.77. The number of aliphatic hydroxyl groups excluding tert-OH is 1. The number of aryl methyl sites for hydroxylation is 1. The summed E-state index contributed by atoms with van der Waals surface area (Å²) in [4.78, 5) is 11.5. The van der Waals surface area contributed by atoms with Gasteiger partial charge in [0.25, 0.3) is 5.56 Å². The molecule has 17 heavy (non-hydrogen) atoms. The minimum absolute atomic E-state index is 0.0259. The SMILES string of the molecule is Cn1ccc(-c2cc(N)n(CCO)n2)cc1=O. The Labute approximate surface area is 97.9 Å². The minimum atomic E-state index is -0.0993. The fraction of sp³-hybridized carbons (Fsp3) is 0.273. The van der Waals surface area contributed by atoms with Crippen LogP contribution >= 0.6 is 0 Å². The van der Waals surface area contributed by atoms with Crippen molar-refractivity contribution in [3.63, 3.8) is 0 Å². The molecule has 6 heteroatoms. The molecule has 0 fully saturated rings. The predicted molar refractivity (Wildman–Crippen MR) is 64.4 cm³/mol. The molecule has 0 unspecified atom stereocenters. The number of nitrogens with zero attached hydrogens (tertiary/aromatic N) is 3. The van der Waals surface area contributed by atoms with Crippen molar-refractivity contribution in [2.45, 2.75) is 6.54 Å². The molecular weight excluding hydrogens is 220 g/mol. The van der Waals surface area contributed by atoms with E-state index in [9.17, 15) is 4.79 Å². The molecule has 6 nitrogen and oxygen atoms in total. The van der Waals surface area contributed by atoms with E-state index in [1.165, 1.54) is 15.3 Å². The highest BCUT2D eigenvalue weighted by Crippen LogP contribution is 2.18. The number of aromatic nitrogens is 3. The summed E-state index contributed by atoms with van der Waals surface area (Å²) in [5.41, 5.74) is 6.99. The van der Waals surface area contributed by atoms with Gasteiger partial charge in [-0.15, -0.1) is 0 Å². The van der Waals surface area contributed by atoms with Crippen LogP contribution in [0.5, 0.6) is 0 Å². The topological polar surface area (TPSA) is 86.1 Å². The molecule has 2 heterocycles. The van der Waals surface area contributed by atoms with Gasteiger partial charge in [-0.05, 0) is 6.07 Å². The molecular formula is C11H14N4O2.